The van der Waals surface area contributed by atoms with Crippen LogP contribution in [0.25, 0.3) is 0 Å². The molecule has 0 radical (unpaired) electrons. The highest BCUT2D eigenvalue weighted by atomic mass is 35.5. The zero-order valence-electron chi connectivity index (χ0n) is 12.3. The van der Waals surface area contributed by atoms with E-state index in [0.29, 0.717) is 24.6 Å². The minimum atomic E-state index is -0.515. The number of benzene rings is 1. The summed E-state index contributed by atoms with van der Waals surface area (Å²) in [6.07, 6.45) is 1.98. The third-order valence-electron chi connectivity index (χ3n) is 3.89. The van der Waals surface area contributed by atoms with Crippen LogP contribution in [-0.4, -0.2) is 37.0 Å². The summed E-state index contributed by atoms with van der Waals surface area (Å²) in [5.74, 6) is -0.194. The average Bonchev–Trinajstić information content (AvgIpc) is 2.46. The standard InChI is InChI=1S/C15H21FN2O2.ClH/c1-10(17)12-4-3-7-18(9-12)15(19)11-5-6-14(20-2)13(16)8-11;/h5-6,8,10,12H,3-4,7,9,17H2,1-2H3;1H. The lowest BCUT2D eigenvalue weighted by molar-refractivity contribution is 0.0660. The lowest BCUT2D eigenvalue weighted by Crippen LogP contribution is -2.45. The summed E-state index contributed by atoms with van der Waals surface area (Å²) in [6.45, 7) is 3.31. The maximum atomic E-state index is 13.7. The first-order valence-corrected chi connectivity index (χ1v) is 6.91. The molecule has 2 atom stereocenters. The minimum Gasteiger partial charge on any atom is -0.494 e. The van der Waals surface area contributed by atoms with Gasteiger partial charge < -0.3 is 15.4 Å². The highest BCUT2D eigenvalue weighted by Gasteiger charge is 2.26. The quantitative estimate of drug-likeness (QED) is 0.932. The third-order valence-corrected chi connectivity index (χ3v) is 3.89. The molecule has 0 spiro atoms. The Morgan fingerprint density at radius 2 is 2.24 bits per heavy atom. The number of carbonyl (C=O) groups is 1. The van der Waals surface area contributed by atoms with Gasteiger partial charge in [0.2, 0.25) is 0 Å². The second-order valence-electron chi connectivity index (χ2n) is 5.36. The molecule has 1 heterocycles. The Hall–Kier alpha value is -1.33. The van der Waals surface area contributed by atoms with Gasteiger partial charge in [-0.3, -0.25) is 4.79 Å². The predicted octanol–water partition coefficient (Wildman–Crippen LogP) is 2.46. The molecule has 0 aliphatic carbocycles. The van der Waals surface area contributed by atoms with Gasteiger partial charge in [0, 0.05) is 24.7 Å². The molecule has 0 saturated carbocycles. The Balaban J connectivity index is 0.00000220. The van der Waals surface area contributed by atoms with E-state index in [4.69, 9.17) is 10.5 Å². The van der Waals surface area contributed by atoms with E-state index in [1.807, 2.05) is 6.92 Å². The van der Waals surface area contributed by atoms with Crippen molar-refractivity contribution >= 4 is 18.3 Å². The summed E-state index contributed by atoms with van der Waals surface area (Å²) in [6, 6.07) is 4.38. The number of carbonyl (C=O) groups excluding carboxylic acids is 1. The zero-order valence-corrected chi connectivity index (χ0v) is 13.2. The number of methoxy groups -OCH3 is 1. The van der Waals surface area contributed by atoms with Crippen molar-refractivity contribution in [1.82, 2.24) is 4.90 Å². The first kappa shape index (κ1) is 17.7. The largest absolute Gasteiger partial charge is 0.494 e. The van der Waals surface area contributed by atoms with Crippen LogP contribution in [0.1, 0.15) is 30.1 Å². The molecular formula is C15H22ClFN2O2. The molecule has 0 aromatic heterocycles. The van der Waals surface area contributed by atoms with Gasteiger partial charge in [-0.05, 0) is 43.9 Å². The van der Waals surface area contributed by atoms with Crippen molar-refractivity contribution < 1.29 is 13.9 Å². The second kappa shape index (κ2) is 7.61. The highest BCUT2D eigenvalue weighted by Crippen LogP contribution is 2.23. The Labute approximate surface area is 130 Å². The van der Waals surface area contributed by atoms with Crippen molar-refractivity contribution in [2.24, 2.45) is 11.7 Å². The van der Waals surface area contributed by atoms with Gasteiger partial charge in [0.05, 0.1) is 7.11 Å². The highest BCUT2D eigenvalue weighted by molar-refractivity contribution is 5.94. The number of rotatable bonds is 3. The summed E-state index contributed by atoms with van der Waals surface area (Å²) in [4.78, 5) is 14.2. The number of amides is 1. The number of halogens is 2. The van der Waals surface area contributed by atoms with Crippen LogP contribution >= 0.6 is 12.4 Å². The minimum absolute atomic E-state index is 0. The summed E-state index contributed by atoms with van der Waals surface area (Å²) in [5.41, 5.74) is 6.27. The van der Waals surface area contributed by atoms with E-state index in [1.165, 1.54) is 19.2 Å². The topological polar surface area (TPSA) is 55.6 Å². The van der Waals surface area contributed by atoms with Crippen molar-refractivity contribution in [3.05, 3.63) is 29.6 Å². The molecule has 118 valence electrons. The smallest absolute Gasteiger partial charge is 0.253 e. The molecule has 2 unspecified atom stereocenters. The lowest BCUT2D eigenvalue weighted by atomic mass is 9.92. The Kier molecular flexibility index (Phi) is 6.42. The molecular weight excluding hydrogens is 295 g/mol. The molecule has 1 aromatic carbocycles. The summed E-state index contributed by atoms with van der Waals surface area (Å²) < 4.78 is 18.5. The fourth-order valence-corrected chi connectivity index (χ4v) is 2.61. The molecule has 1 aliphatic rings. The Morgan fingerprint density at radius 3 is 2.81 bits per heavy atom. The lowest BCUT2D eigenvalue weighted by Gasteiger charge is -2.34. The van der Waals surface area contributed by atoms with Crippen LogP contribution in [0.2, 0.25) is 0 Å². The second-order valence-corrected chi connectivity index (χ2v) is 5.36. The van der Waals surface area contributed by atoms with Crippen LogP contribution < -0.4 is 10.5 Å². The molecule has 2 rings (SSSR count). The first-order valence-electron chi connectivity index (χ1n) is 6.91. The summed E-state index contributed by atoms with van der Waals surface area (Å²) in [5, 5.41) is 0. The average molecular weight is 317 g/mol. The molecule has 1 aliphatic heterocycles. The Morgan fingerprint density at radius 1 is 1.52 bits per heavy atom. The van der Waals surface area contributed by atoms with Crippen molar-refractivity contribution in [3.8, 4) is 5.75 Å². The van der Waals surface area contributed by atoms with Crippen LogP contribution in [0, 0.1) is 11.7 Å². The normalized spacial score (nSPS) is 19.6. The van der Waals surface area contributed by atoms with E-state index in [9.17, 15) is 9.18 Å². The number of nitrogens with two attached hydrogens (primary N) is 1. The van der Waals surface area contributed by atoms with Gasteiger partial charge in [-0.15, -0.1) is 12.4 Å². The van der Waals surface area contributed by atoms with E-state index in [-0.39, 0.29) is 30.1 Å². The number of hydrogen-bond acceptors (Lipinski definition) is 3. The third kappa shape index (κ3) is 4.08. The van der Waals surface area contributed by atoms with Crippen LogP contribution in [0.15, 0.2) is 18.2 Å². The van der Waals surface area contributed by atoms with Gasteiger partial charge in [0.25, 0.3) is 5.91 Å². The molecule has 0 bridgehead atoms. The van der Waals surface area contributed by atoms with Gasteiger partial charge in [-0.25, -0.2) is 4.39 Å². The molecule has 4 nitrogen and oxygen atoms in total. The van der Waals surface area contributed by atoms with Crippen LogP contribution in [0.3, 0.4) is 0 Å². The SMILES string of the molecule is COc1ccc(C(=O)N2CCCC(C(C)N)C2)cc1F.Cl. The van der Waals surface area contributed by atoms with Crippen LogP contribution in [0.4, 0.5) is 4.39 Å². The fraction of sp³-hybridized carbons (Fsp3) is 0.533. The molecule has 21 heavy (non-hydrogen) atoms. The fourth-order valence-electron chi connectivity index (χ4n) is 2.61. The number of piperidine rings is 1. The van der Waals surface area contributed by atoms with Crippen molar-refractivity contribution in [1.29, 1.82) is 0 Å². The number of nitrogens with zero attached hydrogens (tertiary/aromatic N) is 1. The van der Waals surface area contributed by atoms with E-state index >= 15 is 0 Å². The summed E-state index contributed by atoms with van der Waals surface area (Å²) in [7, 11) is 1.40. The summed E-state index contributed by atoms with van der Waals surface area (Å²) >= 11 is 0. The van der Waals surface area contributed by atoms with Gasteiger partial charge in [0.1, 0.15) is 0 Å². The predicted molar refractivity (Wildman–Crippen MR) is 82.5 cm³/mol. The van der Waals surface area contributed by atoms with Crippen molar-refractivity contribution in [2.75, 3.05) is 20.2 Å². The monoisotopic (exact) mass is 316 g/mol. The van der Waals surface area contributed by atoms with Gasteiger partial charge in [0.15, 0.2) is 11.6 Å². The maximum Gasteiger partial charge on any atom is 0.253 e. The Bertz CT molecular complexity index is 497. The molecule has 1 saturated heterocycles. The van der Waals surface area contributed by atoms with Crippen LogP contribution in [-0.2, 0) is 0 Å². The molecule has 6 heteroatoms. The van der Waals surface area contributed by atoms with Crippen molar-refractivity contribution in [3.63, 3.8) is 0 Å². The number of likely N-dealkylation sites (tertiary alicyclic amines) is 1. The van der Waals surface area contributed by atoms with E-state index in [1.54, 1.807) is 11.0 Å². The van der Waals surface area contributed by atoms with Crippen LogP contribution in [0.5, 0.6) is 5.75 Å². The first-order chi connectivity index (χ1) is 9.52. The van der Waals surface area contributed by atoms with Gasteiger partial charge in [-0.1, -0.05) is 0 Å². The van der Waals surface area contributed by atoms with E-state index in [2.05, 4.69) is 0 Å². The maximum absolute atomic E-state index is 13.7. The van der Waals surface area contributed by atoms with Gasteiger partial charge >= 0.3 is 0 Å². The molecule has 1 fully saturated rings. The zero-order chi connectivity index (χ0) is 14.7. The van der Waals surface area contributed by atoms with Gasteiger partial charge in [-0.2, -0.15) is 0 Å². The molecule has 1 amide bonds. The number of ether oxygens (including phenoxy) is 1. The number of hydrogen-bond donors (Lipinski definition) is 1. The van der Waals surface area contributed by atoms with E-state index < -0.39 is 5.82 Å². The molecule has 1 aromatic rings. The molecule has 2 N–H and O–H groups in total. The van der Waals surface area contributed by atoms with E-state index in [0.717, 1.165) is 12.8 Å². The van der Waals surface area contributed by atoms with Crippen molar-refractivity contribution in [2.45, 2.75) is 25.8 Å².